The van der Waals surface area contributed by atoms with Gasteiger partial charge >= 0.3 is 0 Å². The first-order valence-corrected chi connectivity index (χ1v) is 11.1. The highest BCUT2D eigenvalue weighted by Gasteiger charge is 2.23. The van der Waals surface area contributed by atoms with E-state index in [4.69, 9.17) is 10.5 Å². The van der Waals surface area contributed by atoms with Crippen molar-refractivity contribution in [3.05, 3.63) is 29.3 Å². The van der Waals surface area contributed by atoms with Gasteiger partial charge in [-0.3, -0.25) is 9.79 Å². The highest BCUT2D eigenvalue weighted by molar-refractivity contribution is 5.79. The van der Waals surface area contributed by atoms with Gasteiger partial charge in [0.1, 0.15) is 5.75 Å². The van der Waals surface area contributed by atoms with Gasteiger partial charge in [-0.1, -0.05) is 19.1 Å². The van der Waals surface area contributed by atoms with Crippen LogP contribution in [0.25, 0.3) is 0 Å². The molecular weight excluding hydrogens is 378 g/mol. The Hall–Kier alpha value is -2.28. The van der Waals surface area contributed by atoms with Crippen LogP contribution in [0.3, 0.4) is 0 Å². The number of aliphatic imine (C=N–C) groups is 1. The minimum Gasteiger partial charge on any atom is -0.490 e. The molecule has 1 aromatic rings. The molecule has 0 radical (unpaired) electrons. The number of carbonyl (C=O) groups is 1. The van der Waals surface area contributed by atoms with E-state index in [9.17, 15) is 4.79 Å². The molecule has 1 saturated heterocycles. The van der Waals surface area contributed by atoms with Gasteiger partial charge in [-0.15, -0.1) is 0 Å². The van der Waals surface area contributed by atoms with Crippen LogP contribution in [0.2, 0.25) is 0 Å². The first-order valence-electron chi connectivity index (χ1n) is 11.1. The zero-order chi connectivity index (χ0) is 21.9. The van der Waals surface area contributed by atoms with E-state index >= 15 is 0 Å². The molecule has 2 atom stereocenters. The molecule has 7 nitrogen and oxygen atoms in total. The second-order valence-corrected chi connectivity index (χ2v) is 8.20. The lowest BCUT2D eigenvalue weighted by molar-refractivity contribution is -0.123. The summed E-state index contributed by atoms with van der Waals surface area (Å²) in [7, 11) is 1.78. The Kier molecular flexibility index (Phi) is 9.94. The van der Waals surface area contributed by atoms with Crippen molar-refractivity contribution in [3.63, 3.8) is 0 Å². The van der Waals surface area contributed by atoms with Crippen LogP contribution in [0.15, 0.2) is 23.2 Å². The molecular formula is C23H39N5O2. The third kappa shape index (κ3) is 7.86. The van der Waals surface area contributed by atoms with Gasteiger partial charge in [0.05, 0.1) is 12.0 Å². The van der Waals surface area contributed by atoms with Crippen molar-refractivity contribution in [2.75, 3.05) is 33.2 Å². The van der Waals surface area contributed by atoms with E-state index in [2.05, 4.69) is 59.5 Å². The van der Waals surface area contributed by atoms with Crippen LogP contribution in [-0.4, -0.2) is 56.1 Å². The second kappa shape index (κ2) is 12.4. The van der Waals surface area contributed by atoms with Crippen molar-refractivity contribution in [1.29, 1.82) is 0 Å². The molecule has 1 aliphatic heterocycles. The van der Waals surface area contributed by atoms with Crippen molar-refractivity contribution < 1.29 is 9.53 Å². The average molecular weight is 418 g/mol. The quantitative estimate of drug-likeness (QED) is 0.309. The van der Waals surface area contributed by atoms with Gasteiger partial charge in [0.2, 0.25) is 5.91 Å². The van der Waals surface area contributed by atoms with E-state index in [1.165, 1.54) is 5.56 Å². The number of hydrogen-bond acceptors (Lipinski definition) is 4. The molecule has 168 valence electrons. The summed E-state index contributed by atoms with van der Waals surface area (Å²) >= 11 is 0. The molecule has 30 heavy (non-hydrogen) atoms. The van der Waals surface area contributed by atoms with Crippen molar-refractivity contribution >= 4 is 11.9 Å². The van der Waals surface area contributed by atoms with Gasteiger partial charge in [0.25, 0.3) is 0 Å². The lowest BCUT2D eigenvalue weighted by Crippen LogP contribution is -2.42. The number of primary amides is 1. The molecule has 0 aromatic heterocycles. The molecule has 1 aliphatic rings. The fraction of sp³-hybridized carbons (Fsp3) is 0.652. The fourth-order valence-electron chi connectivity index (χ4n) is 3.62. The van der Waals surface area contributed by atoms with E-state index < -0.39 is 0 Å². The largest absolute Gasteiger partial charge is 0.490 e. The first kappa shape index (κ1) is 24.0. The maximum absolute atomic E-state index is 11.4. The van der Waals surface area contributed by atoms with Crippen molar-refractivity contribution in [3.8, 4) is 5.75 Å². The average Bonchev–Trinajstić information content (AvgIpc) is 2.74. The van der Waals surface area contributed by atoms with Gasteiger partial charge in [-0.2, -0.15) is 0 Å². The number of amides is 1. The number of piperidine rings is 1. The highest BCUT2D eigenvalue weighted by Crippen LogP contribution is 2.22. The number of rotatable bonds is 10. The van der Waals surface area contributed by atoms with Crippen molar-refractivity contribution in [2.24, 2.45) is 16.6 Å². The highest BCUT2D eigenvalue weighted by atomic mass is 16.5. The minimum atomic E-state index is -0.171. The Morgan fingerprint density at radius 1 is 1.40 bits per heavy atom. The number of carbonyl (C=O) groups excluding carboxylic acids is 1. The van der Waals surface area contributed by atoms with Gasteiger partial charge < -0.3 is 26.0 Å². The maximum Gasteiger partial charge on any atom is 0.221 e. The number of guanidine groups is 1. The van der Waals surface area contributed by atoms with Crippen LogP contribution in [-0.2, 0) is 11.3 Å². The number of nitrogens with one attached hydrogen (secondary N) is 2. The Labute approximate surface area is 181 Å². The number of nitrogens with zero attached hydrogens (tertiary/aromatic N) is 2. The van der Waals surface area contributed by atoms with Gasteiger partial charge in [-0.05, 0) is 64.3 Å². The topological polar surface area (TPSA) is 92.0 Å². The molecule has 1 aromatic carbocycles. The Balaban J connectivity index is 1.77. The van der Waals surface area contributed by atoms with E-state index in [1.54, 1.807) is 7.05 Å². The van der Waals surface area contributed by atoms with E-state index in [0.29, 0.717) is 6.54 Å². The lowest BCUT2D eigenvalue weighted by Gasteiger charge is -2.31. The molecule has 1 amide bonds. The number of hydrogen-bond donors (Lipinski definition) is 3. The van der Waals surface area contributed by atoms with Crippen LogP contribution in [0.1, 0.15) is 50.7 Å². The summed E-state index contributed by atoms with van der Waals surface area (Å²) in [5.41, 5.74) is 7.78. The Morgan fingerprint density at radius 2 is 2.20 bits per heavy atom. The van der Waals surface area contributed by atoms with Crippen molar-refractivity contribution in [1.82, 2.24) is 15.5 Å². The first-order chi connectivity index (χ1) is 14.4. The predicted molar refractivity (Wildman–Crippen MR) is 123 cm³/mol. The number of ether oxygens (including phenoxy) is 1. The number of benzene rings is 1. The summed E-state index contributed by atoms with van der Waals surface area (Å²) in [5, 5.41) is 6.76. The SMILES string of the molecule is CCC(C)Oc1cc(C)ccc1CNC(=NC)NCCCN1CCCC(C(N)=O)C1. The summed E-state index contributed by atoms with van der Waals surface area (Å²) in [6.45, 7) is 10.6. The third-order valence-corrected chi connectivity index (χ3v) is 5.65. The summed E-state index contributed by atoms with van der Waals surface area (Å²) in [5.74, 6) is 1.54. The molecule has 0 spiro atoms. The Morgan fingerprint density at radius 3 is 2.90 bits per heavy atom. The summed E-state index contributed by atoms with van der Waals surface area (Å²) in [4.78, 5) is 18.1. The zero-order valence-electron chi connectivity index (χ0n) is 19.0. The molecule has 7 heteroatoms. The summed E-state index contributed by atoms with van der Waals surface area (Å²) < 4.78 is 6.09. The molecule has 0 saturated carbocycles. The lowest BCUT2D eigenvalue weighted by atomic mass is 9.97. The number of nitrogens with two attached hydrogens (primary N) is 1. The third-order valence-electron chi connectivity index (χ3n) is 5.65. The monoisotopic (exact) mass is 417 g/mol. The minimum absolute atomic E-state index is 0.00231. The summed E-state index contributed by atoms with van der Waals surface area (Å²) in [6.07, 6.45) is 4.11. The van der Waals surface area contributed by atoms with Crippen LogP contribution in [0.5, 0.6) is 5.75 Å². The van der Waals surface area contributed by atoms with E-state index in [-0.39, 0.29) is 17.9 Å². The van der Waals surface area contributed by atoms with Crippen LogP contribution in [0.4, 0.5) is 0 Å². The smallest absolute Gasteiger partial charge is 0.221 e. The predicted octanol–water partition coefficient (Wildman–Crippen LogP) is 2.42. The fourth-order valence-corrected chi connectivity index (χ4v) is 3.62. The van der Waals surface area contributed by atoms with E-state index in [1.807, 2.05) is 0 Å². The van der Waals surface area contributed by atoms with Crippen LogP contribution < -0.4 is 21.1 Å². The van der Waals surface area contributed by atoms with Crippen LogP contribution >= 0.6 is 0 Å². The van der Waals surface area contributed by atoms with Crippen LogP contribution in [0, 0.1) is 12.8 Å². The van der Waals surface area contributed by atoms with Gasteiger partial charge in [0.15, 0.2) is 5.96 Å². The molecule has 1 fully saturated rings. The molecule has 0 aliphatic carbocycles. The van der Waals surface area contributed by atoms with E-state index in [0.717, 1.165) is 69.1 Å². The summed E-state index contributed by atoms with van der Waals surface area (Å²) in [6, 6.07) is 6.31. The molecule has 2 rings (SSSR count). The van der Waals surface area contributed by atoms with Crippen molar-refractivity contribution in [2.45, 2.75) is 59.1 Å². The maximum atomic E-state index is 11.4. The molecule has 1 heterocycles. The molecule has 0 bridgehead atoms. The standard InChI is InChI=1S/C23H39N5O2/c1-5-18(3)30-21-14-17(2)9-10-19(21)15-27-23(25-4)26-11-7-13-28-12-6-8-20(16-28)22(24)29/h9-10,14,18,20H,5-8,11-13,15-16H2,1-4H3,(H2,24,29)(H2,25,26,27). The van der Waals surface area contributed by atoms with Gasteiger partial charge in [-0.25, -0.2) is 0 Å². The number of likely N-dealkylation sites (tertiary alicyclic amines) is 1. The zero-order valence-corrected chi connectivity index (χ0v) is 19.0. The number of aryl methyl sites for hydroxylation is 1. The molecule has 2 unspecified atom stereocenters. The molecule has 4 N–H and O–H groups in total. The normalized spacial score (nSPS) is 18.7. The second-order valence-electron chi connectivity index (χ2n) is 8.20. The van der Waals surface area contributed by atoms with Gasteiger partial charge in [0, 0.05) is 32.2 Å². The Bertz CT molecular complexity index is 707.